The molecule has 0 spiro atoms. The number of halogens is 1. The molecule has 4 aromatic rings. The highest BCUT2D eigenvalue weighted by Crippen LogP contribution is 2.26. The molecule has 4 rings (SSSR count). The van der Waals surface area contributed by atoms with Crippen LogP contribution in [0, 0.1) is 12.8 Å². The van der Waals surface area contributed by atoms with E-state index in [2.05, 4.69) is 15.5 Å². The summed E-state index contributed by atoms with van der Waals surface area (Å²) in [6.45, 7) is 6.58. The van der Waals surface area contributed by atoms with Crippen LogP contribution < -0.4 is 10.9 Å². The van der Waals surface area contributed by atoms with E-state index in [1.54, 1.807) is 16.7 Å². The van der Waals surface area contributed by atoms with E-state index in [9.17, 15) is 9.59 Å². The number of amides is 1. The summed E-state index contributed by atoms with van der Waals surface area (Å²) in [6.07, 6.45) is 0. The molecular weight excluding hydrogens is 442 g/mol. The first-order valence-electron chi connectivity index (χ1n) is 9.39. The summed E-state index contributed by atoms with van der Waals surface area (Å²) < 4.78 is 4.17. The predicted octanol–water partition coefficient (Wildman–Crippen LogP) is 4.45. The average molecular weight is 462 g/mol. The molecule has 0 aliphatic heterocycles. The van der Waals surface area contributed by atoms with Crippen molar-refractivity contribution in [2.75, 3.05) is 11.1 Å². The summed E-state index contributed by atoms with van der Waals surface area (Å²) in [5, 5.41) is 14.3. The van der Waals surface area contributed by atoms with Gasteiger partial charge in [0, 0.05) is 6.54 Å². The molecule has 3 aromatic heterocycles. The molecule has 0 fully saturated rings. The number of hydrogen-bond donors (Lipinski definition) is 1. The van der Waals surface area contributed by atoms with Gasteiger partial charge in [0.2, 0.25) is 11.7 Å². The maximum atomic E-state index is 12.9. The minimum Gasteiger partial charge on any atom is -0.324 e. The Kier molecular flexibility index (Phi) is 5.86. The topological polar surface area (TPSA) is 81.3 Å². The summed E-state index contributed by atoms with van der Waals surface area (Å²) in [6, 6.07) is 7.36. The number of benzene rings is 1. The van der Waals surface area contributed by atoms with Crippen molar-refractivity contribution in [3.05, 3.63) is 50.6 Å². The zero-order valence-corrected chi connectivity index (χ0v) is 19.1. The third-order valence-electron chi connectivity index (χ3n) is 4.46. The Morgan fingerprint density at radius 3 is 2.83 bits per heavy atom. The highest BCUT2D eigenvalue weighted by Gasteiger charge is 2.19. The third-order valence-corrected chi connectivity index (χ3v) is 6.59. The van der Waals surface area contributed by atoms with Crippen LogP contribution in [0.3, 0.4) is 0 Å². The Bertz CT molecular complexity index is 1310. The van der Waals surface area contributed by atoms with Crippen molar-refractivity contribution in [1.29, 1.82) is 0 Å². The number of rotatable bonds is 6. The fourth-order valence-corrected chi connectivity index (χ4v) is 5.01. The molecule has 0 atom stereocenters. The van der Waals surface area contributed by atoms with Crippen LogP contribution in [-0.4, -0.2) is 30.8 Å². The number of anilines is 1. The van der Waals surface area contributed by atoms with Gasteiger partial charge in [-0.15, -0.1) is 21.5 Å². The van der Waals surface area contributed by atoms with E-state index in [1.165, 1.54) is 23.1 Å². The monoisotopic (exact) mass is 461 g/mol. The summed E-state index contributed by atoms with van der Waals surface area (Å²) in [5.74, 6) is 0.713. The van der Waals surface area contributed by atoms with E-state index in [1.807, 2.05) is 42.7 Å². The molecule has 1 amide bonds. The second kappa shape index (κ2) is 8.41. The second-order valence-corrected chi connectivity index (χ2v) is 9.65. The molecule has 3 heterocycles. The Balaban J connectivity index is 1.63. The quantitative estimate of drug-likeness (QED) is 0.429. The predicted molar refractivity (Wildman–Crippen MR) is 123 cm³/mol. The standard InChI is InChI=1S/C20H20ClN5O2S2/c1-11(2)9-25-18(28)17-15(6-7-29-17)26-19(25)23-24-20(26)30-10-16(27)22-14-5-4-12(3)8-13(14)21/h4-8,11H,9-10H2,1-3H3,(H,22,27). The van der Waals surface area contributed by atoms with E-state index in [4.69, 9.17) is 11.6 Å². The molecule has 0 bridgehead atoms. The van der Waals surface area contributed by atoms with Gasteiger partial charge in [-0.05, 0) is 42.0 Å². The fraction of sp³-hybridized carbons (Fsp3) is 0.300. The summed E-state index contributed by atoms with van der Waals surface area (Å²) >= 11 is 8.86. The minimum absolute atomic E-state index is 0.0584. The molecule has 0 saturated carbocycles. The molecule has 0 radical (unpaired) electrons. The van der Waals surface area contributed by atoms with Gasteiger partial charge in [0.15, 0.2) is 5.16 Å². The van der Waals surface area contributed by atoms with Crippen molar-refractivity contribution in [3.63, 3.8) is 0 Å². The largest absolute Gasteiger partial charge is 0.324 e. The lowest BCUT2D eigenvalue weighted by atomic mass is 10.2. The summed E-state index contributed by atoms with van der Waals surface area (Å²) in [5.41, 5.74) is 2.30. The van der Waals surface area contributed by atoms with Gasteiger partial charge in [-0.1, -0.05) is 43.3 Å². The summed E-state index contributed by atoms with van der Waals surface area (Å²) in [7, 11) is 0. The molecule has 10 heteroatoms. The van der Waals surface area contributed by atoms with Crippen molar-refractivity contribution in [1.82, 2.24) is 19.2 Å². The zero-order valence-electron chi connectivity index (χ0n) is 16.7. The molecule has 30 heavy (non-hydrogen) atoms. The normalized spacial score (nSPS) is 11.6. The molecule has 7 nitrogen and oxygen atoms in total. The van der Waals surface area contributed by atoms with Gasteiger partial charge in [-0.2, -0.15) is 0 Å². The molecule has 1 aromatic carbocycles. The van der Waals surface area contributed by atoms with Crippen LogP contribution in [0.25, 0.3) is 16.0 Å². The van der Waals surface area contributed by atoms with Crippen LogP contribution in [0.2, 0.25) is 5.02 Å². The number of nitrogens with zero attached hydrogens (tertiary/aromatic N) is 4. The number of hydrogen-bond acceptors (Lipinski definition) is 6. The first kappa shape index (κ1) is 20.9. The van der Waals surface area contributed by atoms with Gasteiger partial charge in [-0.3, -0.25) is 18.6 Å². The lowest BCUT2D eigenvalue weighted by Gasteiger charge is -2.11. The van der Waals surface area contributed by atoms with E-state index in [-0.39, 0.29) is 23.1 Å². The number of carbonyl (C=O) groups excluding carboxylic acids is 1. The molecule has 1 N–H and O–H groups in total. The van der Waals surface area contributed by atoms with Gasteiger partial charge in [0.05, 0.1) is 22.0 Å². The van der Waals surface area contributed by atoms with Crippen LogP contribution >= 0.6 is 34.7 Å². The first-order chi connectivity index (χ1) is 14.3. The van der Waals surface area contributed by atoms with E-state index < -0.39 is 0 Å². The number of thioether (sulfide) groups is 1. The van der Waals surface area contributed by atoms with Gasteiger partial charge >= 0.3 is 0 Å². The average Bonchev–Trinajstić information content (AvgIpc) is 3.32. The second-order valence-electron chi connectivity index (χ2n) is 7.38. The van der Waals surface area contributed by atoms with E-state index >= 15 is 0 Å². The number of aryl methyl sites for hydroxylation is 1. The van der Waals surface area contributed by atoms with Crippen molar-refractivity contribution in [3.8, 4) is 0 Å². The van der Waals surface area contributed by atoms with Crippen molar-refractivity contribution < 1.29 is 4.79 Å². The third kappa shape index (κ3) is 3.97. The van der Waals surface area contributed by atoms with Crippen LogP contribution in [0.5, 0.6) is 0 Å². The van der Waals surface area contributed by atoms with Crippen LogP contribution in [-0.2, 0) is 11.3 Å². The molecule has 0 saturated heterocycles. The molecule has 0 unspecified atom stereocenters. The zero-order chi connectivity index (χ0) is 21.4. The Hall–Kier alpha value is -2.36. The smallest absolute Gasteiger partial charge is 0.272 e. The molecule has 0 aliphatic rings. The number of nitrogens with one attached hydrogen (secondary N) is 1. The van der Waals surface area contributed by atoms with Crippen LogP contribution in [0.4, 0.5) is 5.69 Å². The maximum Gasteiger partial charge on any atom is 0.272 e. The lowest BCUT2D eigenvalue weighted by Crippen LogP contribution is -2.24. The lowest BCUT2D eigenvalue weighted by molar-refractivity contribution is -0.113. The molecule has 156 valence electrons. The van der Waals surface area contributed by atoms with Crippen molar-refractivity contribution in [2.24, 2.45) is 5.92 Å². The van der Waals surface area contributed by atoms with Gasteiger partial charge in [-0.25, -0.2) is 0 Å². The first-order valence-corrected chi connectivity index (χ1v) is 11.6. The Morgan fingerprint density at radius 2 is 2.10 bits per heavy atom. The number of aromatic nitrogens is 4. The minimum atomic E-state index is -0.195. The van der Waals surface area contributed by atoms with Gasteiger partial charge < -0.3 is 5.32 Å². The van der Waals surface area contributed by atoms with Gasteiger partial charge in [0.1, 0.15) is 4.70 Å². The SMILES string of the molecule is Cc1ccc(NC(=O)CSc2nnc3n(CC(C)C)c(=O)c4sccc4n23)c(Cl)c1. The van der Waals surface area contributed by atoms with Crippen molar-refractivity contribution in [2.45, 2.75) is 32.5 Å². The Morgan fingerprint density at radius 1 is 1.30 bits per heavy atom. The maximum absolute atomic E-state index is 12.9. The number of carbonyl (C=O) groups is 1. The van der Waals surface area contributed by atoms with Crippen molar-refractivity contribution >= 4 is 62.3 Å². The highest BCUT2D eigenvalue weighted by molar-refractivity contribution is 7.99. The molecule has 0 aliphatic carbocycles. The number of fused-ring (bicyclic) bond motifs is 3. The van der Waals surface area contributed by atoms with Gasteiger partial charge in [0.25, 0.3) is 5.56 Å². The van der Waals surface area contributed by atoms with E-state index in [0.717, 1.165) is 11.1 Å². The highest BCUT2D eigenvalue weighted by atomic mass is 35.5. The summed E-state index contributed by atoms with van der Waals surface area (Å²) in [4.78, 5) is 25.3. The fourth-order valence-electron chi connectivity index (χ4n) is 3.16. The number of thiophene rings is 1. The molecular formula is C20H20ClN5O2S2. The van der Waals surface area contributed by atoms with Crippen LogP contribution in [0.1, 0.15) is 19.4 Å². The van der Waals surface area contributed by atoms with Crippen LogP contribution in [0.15, 0.2) is 39.6 Å². The van der Waals surface area contributed by atoms with E-state index in [0.29, 0.717) is 32.9 Å². The Labute approximate surface area is 186 Å².